The summed E-state index contributed by atoms with van der Waals surface area (Å²) in [6, 6.07) is 5.00. The maximum Gasteiger partial charge on any atom is 0.224 e. The van der Waals surface area contributed by atoms with Crippen LogP contribution in [0.2, 0.25) is 0 Å². The van der Waals surface area contributed by atoms with Crippen molar-refractivity contribution in [3.63, 3.8) is 0 Å². The molecule has 0 aliphatic rings. The number of carbonyl (C=O) groups excluding carboxylic acids is 2. The molecule has 1 aromatic rings. The number of aldehydes is 1. The number of benzene rings is 1. The van der Waals surface area contributed by atoms with Crippen molar-refractivity contribution >= 4 is 17.9 Å². The molecular formula is C20H31NO3. The van der Waals surface area contributed by atoms with Crippen LogP contribution in [0.4, 0.5) is 5.69 Å². The molecule has 4 heteroatoms. The van der Waals surface area contributed by atoms with Crippen LogP contribution < -0.4 is 10.1 Å². The average Bonchev–Trinajstić information content (AvgIpc) is 2.60. The molecule has 1 N–H and O–H groups in total. The van der Waals surface area contributed by atoms with Crippen molar-refractivity contribution in [3.8, 4) is 5.75 Å². The molecule has 0 saturated heterocycles. The summed E-state index contributed by atoms with van der Waals surface area (Å²) in [5, 5.41) is 2.84. The number of ether oxygens (including phenoxy) is 1. The number of unbranched alkanes of at least 4 members (excludes halogenated alkanes) is 8. The van der Waals surface area contributed by atoms with Gasteiger partial charge < -0.3 is 10.1 Å². The fraction of sp³-hybridized carbons (Fsp3) is 0.600. The molecule has 0 atom stereocenters. The molecule has 0 aliphatic carbocycles. The SMILES string of the molecule is CCCCCCCCCCCC(=O)Nc1cc(C=O)ccc1OC. The highest BCUT2D eigenvalue weighted by atomic mass is 16.5. The van der Waals surface area contributed by atoms with Gasteiger partial charge in [0, 0.05) is 12.0 Å². The standard InChI is InChI=1S/C20H31NO3/c1-3-4-5-6-7-8-9-10-11-12-20(23)21-18-15-17(16-22)13-14-19(18)24-2/h13-16H,3-12H2,1-2H3,(H,21,23). The Morgan fingerprint density at radius 3 is 2.25 bits per heavy atom. The Balaban J connectivity index is 2.21. The second-order valence-electron chi connectivity index (χ2n) is 6.20. The number of anilines is 1. The van der Waals surface area contributed by atoms with Crippen LogP contribution in [0, 0.1) is 0 Å². The predicted molar refractivity (Wildman–Crippen MR) is 98.9 cm³/mol. The van der Waals surface area contributed by atoms with Gasteiger partial charge in [-0.15, -0.1) is 0 Å². The molecule has 0 bridgehead atoms. The van der Waals surface area contributed by atoms with Crippen molar-refractivity contribution < 1.29 is 14.3 Å². The van der Waals surface area contributed by atoms with Crippen LogP contribution in [-0.2, 0) is 4.79 Å². The first-order valence-corrected chi connectivity index (χ1v) is 9.14. The number of methoxy groups -OCH3 is 1. The van der Waals surface area contributed by atoms with Crippen LogP contribution in [0.25, 0.3) is 0 Å². The van der Waals surface area contributed by atoms with E-state index in [0.29, 0.717) is 23.4 Å². The van der Waals surface area contributed by atoms with E-state index in [1.807, 2.05) is 0 Å². The van der Waals surface area contributed by atoms with E-state index in [1.54, 1.807) is 25.3 Å². The van der Waals surface area contributed by atoms with E-state index in [0.717, 1.165) is 19.1 Å². The minimum Gasteiger partial charge on any atom is -0.495 e. The minimum absolute atomic E-state index is 0.0284. The van der Waals surface area contributed by atoms with Crippen LogP contribution in [0.15, 0.2) is 18.2 Å². The molecule has 0 heterocycles. The molecule has 0 aliphatic heterocycles. The Labute approximate surface area is 146 Å². The lowest BCUT2D eigenvalue weighted by Crippen LogP contribution is -2.12. The second kappa shape index (κ2) is 12.6. The normalized spacial score (nSPS) is 10.4. The lowest BCUT2D eigenvalue weighted by molar-refractivity contribution is -0.116. The van der Waals surface area contributed by atoms with Crippen molar-refractivity contribution in [1.29, 1.82) is 0 Å². The number of rotatable bonds is 13. The summed E-state index contributed by atoms with van der Waals surface area (Å²) in [4.78, 5) is 22.9. The number of carbonyl (C=O) groups is 2. The van der Waals surface area contributed by atoms with Gasteiger partial charge in [-0.25, -0.2) is 0 Å². The fourth-order valence-corrected chi connectivity index (χ4v) is 2.71. The van der Waals surface area contributed by atoms with Gasteiger partial charge in [0.1, 0.15) is 12.0 Å². The third kappa shape index (κ3) is 8.14. The van der Waals surface area contributed by atoms with E-state index in [4.69, 9.17) is 4.74 Å². The molecule has 24 heavy (non-hydrogen) atoms. The molecule has 1 rings (SSSR count). The second-order valence-corrected chi connectivity index (χ2v) is 6.20. The quantitative estimate of drug-likeness (QED) is 0.390. The summed E-state index contributed by atoms with van der Waals surface area (Å²) in [6.07, 6.45) is 12.3. The van der Waals surface area contributed by atoms with Gasteiger partial charge >= 0.3 is 0 Å². The van der Waals surface area contributed by atoms with E-state index in [2.05, 4.69) is 12.2 Å². The Hall–Kier alpha value is -1.84. The molecule has 4 nitrogen and oxygen atoms in total. The van der Waals surface area contributed by atoms with E-state index in [-0.39, 0.29) is 5.91 Å². The third-order valence-corrected chi connectivity index (χ3v) is 4.14. The summed E-state index contributed by atoms with van der Waals surface area (Å²) in [5.74, 6) is 0.542. The summed E-state index contributed by atoms with van der Waals surface area (Å²) >= 11 is 0. The van der Waals surface area contributed by atoms with Crippen molar-refractivity contribution in [3.05, 3.63) is 23.8 Å². The first kappa shape index (κ1) is 20.2. The zero-order chi connectivity index (χ0) is 17.6. The molecule has 1 aromatic carbocycles. The number of hydrogen-bond acceptors (Lipinski definition) is 3. The van der Waals surface area contributed by atoms with Crippen LogP contribution in [0.5, 0.6) is 5.75 Å². The van der Waals surface area contributed by atoms with Crippen molar-refractivity contribution in [2.45, 2.75) is 71.1 Å². The summed E-state index contributed by atoms with van der Waals surface area (Å²) in [7, 11) is 1.55. The van der Waals surface area contributed by atoms with Crippen LogP contribution in [0.3, 0.4) is 0 Å². The molecule has 0 unspecified atom stereocenters. The number of hydrogen-bond donors (Lipinski definition) is 1. The van der Waals surface area contributed by atoms with Crippen molar-refractivity contribution in [2.75, 3.05) is 12.4 Å². The number of amides is 1. The topological polar surface area (TPSA) is 55.4 Å². The predicted octanol–water partition coefficient (Wildman–Crippen LogP) is 5.37. The molecule has 1 amide bonds. The first-order valence-electron chi connectivity index (χ1n) is 9.14. The molecule has 0 spiro atoms. The molecule has 134 valence electrons. The maximum absolute atomic E-state index is 12.0. The first-order chi connectivity index (χ1) is 11.7. The van der Waals surface area contributed by atoms with Gasteiger partial charge in [-0.05, 0) is 24.6 Å². The van der Waals surface area contributed by atoms with E-state index in [1.165, 1.54) is 44.9 Å². The van der Waals surface area contributed by atoms with Gasteiger partial charge in [0.05, 0.1) is 12.8 Å². The zero-order valence-electron chi connectivity index (χ0n) is 15.1. The highest BCUT2D eigenvalue weighted by Crippen LogP contribution is 2.25. The average molecular weight is 333 g/mol. The molecule has 0 aromatic heterocycles. The Kier molecular flexibility index (Phi) is 10.6. The summed E-state index contributed by atoms with van der Waals surface area (Å²) in [6.45, 7) is 2.23. The van der Waals surface area contributed by atoms with Gasteiger partial charge in [-0.2, -0.15) is 0 Å². The van der Waals surface area contributed by atoms with Gasteiger partial charge in [0.25, 0.3) is 0 Å². The highest BCUT2D eigenvalue weighted by Gasteiger charge is 2.08. The number of nitrogens with one attached hydrogen (secondary N) is 1. The maximum atomic E-state index is 12.0. The van der Waals surface area contributed by atoms with Crippen LogP contribution >= 0.6 is 0 Å². The monoisotopic (exact) mass is 333 g/mol. The van der Waals surface area contributed by atoms with Gasteiger partial charge in [-0.3, -0.25) is 9.59 Å². The molecular weight excluding hydrogens is 302 g/mol. The highest BCUT2D eigenvalue weighted by molar-refractivity contribution is 5.93. The Bertz CT molecular complexity index is 500. The summed E-state index contributed by atoms with van der Waals surface area (Å²) < 4.78 is 5.21. The molecule has 0 saturated carbocycles. The van der Waals surface area contributed by atoms with E-state index in [9.17, 15) is 9.59 Å². The van der Waals surface area contributed by atoms with E-state index >= 15 is 0 Å². The van der Waals surface area contributed by atoms with Crippen molar-refractivity contribution in [2.24, 2.45) is 0 Å². The third-order valence-electron chi connectivity index (χ3n) is 4.14. The lowest BCUT2D eigenvalue weighted by Gasteiger charge is -2.10. The molecule has 0 fully saturated rings. The lowest BCUT2D eigenvalue weighted by atomic mass is 10.1. The smallest absolute Gasteiger partial charge is 0.224 e. The van der Waals surface area contributed by atoms with Gasteiger partial charge in [-0.1, -0.05) is 58.3 Å². The van der Waals surface area contributed by atoms with Gasteiger partial charge in [0.15, 0.2) is 0 Å². The van der Waals surface area contributed by atoms with Crippen LogP contribution in [-0.4, -0.2) is 19.3 Å². The minimum atomic E-state index is -0.0284. The Morgan fingerprint density at radius 2 is 1.67 bits per heavy atom. The largest absolute Gasteiger partial charge is 0.495 e. The van der Waals surface area contributed by atoms with Crippen LogP contribution in [0.1, 0.15) is 81.5 Å². The molecule has 0 radical (unpaired) electrons. The van der Waals surface area contributed by atoms with E-state index < -0.39 is 0 Å². The van der Waals surface area contributed by atoms with Crippen molar-refractivity contribution in [1.82, 2.24) is 0 Å². The Morgan fingerprint density at radius 1 is 1.04 bits per heavy atom. The van der Waals surface area contributed by atoms with Gasteiger partial charge in [0.2, 0.25) is 5.91 Å². The fourth-order valence-electron chi connectivity index (χ4n) is 2.71. The zero-order valence-corrected chi connectivity index (χ0v) is 15.1. The summed E-state index contributed by atoms with van der Waals surface area (Å²) in [5.41, 5.74) is 1.08.